The molecule has 0 saturated carbocycles. The van der Waals surface area contributed by atoms with Crippen molar-refractivity contribution in [2.75, 3.05) is 0 Å². The van der Waals surface area contributed by atoms with Crippen molar-refractivity contribution < 1.29 is 4.79 Å². The first-order chi connectivity index (χ1) is 9.14. The highest BCUT2D eigenvalue weighted by atomic mass is 16.1. The highest BCUT2D eigenvalue weighted by Gasteiger charge is 2.19. The maximum atomic E-state index is 11.8. The third kappa shape index (κ3) is 5.05. The Balaban J connectivity index is 2.55. The van der Waals surface area contributed by atoms with Crippen molar-refractivity contribution in [1.29, 1.82) is 5.26 Å². The fraction of sp³-hybridized carbons (Fsp3) is 0.529. The predicted molar refractivity (Wildman–Crippen MR) is 81.3 cm³/mol. The first-order valence-electron chi connectivity index (χ1n) is 6.96. The molecule has 0 spiro atoms. The molecular formula is C17H24N2O. The molecule has 0 atom stereocenters. The van der Waals surface area contributed by atoms with Gasteiger partial charge >= 0.3 is 0 Å². The van der Waals surface area contributed by atoms with E-state index in [-0.39, 0.29) is 11.3 Å². The zero-order valence-electron chi connectivity index (χ0n) is 13.1. The normalized spacial score (nSPS) is 11.8. The first kappa shape index (κ1) is 16.2. The molecule has 3 nitrogen and oxygen atoms in total. The Kier molecular flexibility index (Phi) is 4.94. The summed E-state index contributed by atoms with van der Waals surface area (Å²) in [5.74, 6) is -0.0866. The van der Waals surface area contributed by atoms with Crippen molar-refractivity contribution in [3.05, 3.63) is 35.4 Å². The lowest BCUT2D eigenvalue weighted by Gasteiger charge is -2.19. The van der Waals surface area contributed by atoms with Crippen molar-refractivity contribution in [1.82, 2.24) is 5.32 Å². The summed E-state index contributed by atoms with van der Waals surface area (Å²) >= 11 is 0. The molecule has 0 radical (unpaired) electrons. The van der Waals surface area contributed by atoms with Gasteiger partial charge in [-0.1, -0.05) is 45.0 Å². The number of hydrogen-bond acceptors (Lipinski definition) is 2. The fourth-order valence-electron chi connectivity index (χ4n) is 1.87. The summed E-state index contributed by atoms with van der Waals surface area (Å²) in [5, 5.41) is 11.6. The van der Waals surface area contributed by atoms with Gasteiger partial charge in [-0.05, 0) is 36.8 Å². The topological polar surface area (TPSA) is 52.9 Å². The van der Waals surface area contributed by atoms with Crippen LogP contribution in [0.25, 0.3) is 0 Å². The van der Waals surface area contributed by atoms with Crippen LogP contribution in [0.4, 0.5) is 0 Å². The number of nitriles is 1. The maximum Gasteiger partial charge on any atom is 0.221 e. The number of rotatable bonds is 4. The zero-order chi connectivity index (χ0) is 15.4. The van der Waals surface area contributed by atoms with E-state index in [2.05, 4.69) is 56.4 Å². The molecule has 0 aliphatic heterocycles. The summed E-state index contributed by atoms with van der Waals surface area (Å²) < 4.78 is 0. The molecule has 0 aliphatic rings. The van der Waals surface area contributed by atoms with Gasteiger partial charge in [-0.25, -0.2) is 0 Å². The maximum absolute atomic E-state index is 11.8. The van der Waals surface area contributed by atoms with Gasteiger partial charge < -0.3 is 5.32 Å². The van der Waals surface area contributed by atoms with E-state index in [0.717, 1.165) is 5.56 Å². The Hall–Kier alpha value is -1.82. The molecule has 0 fully saturated rings. The van der Waals surface area contributed by atoms with E-state index in [0.29, 0.717) is 12.8 Å². The van der Waals surface area contributed by atoms with Crippen LogP contribution < -0.4 is 5.32 Å². The van der Waals surface area contributed by atoms with Crippen molar-refractivity contribution in [2.24, 2.45) is 0 Å². The minimum absolute atomic E-state index is 0.0866. The summed E-state index contributed by atoms with van der Waals surface area (Å²) in [4.78, 5) is 11.8. The predicted octanol–water partition coefficient (Wildman–Crippen LogP) is 3.34. The minimum Gasteiger partial charge on any atom is -0.338 e. The molecule has 0 saturated heterocycles. The van der Waals surface area contributed by atoms with Crippen molar-refractivity contribution >= 4 is 5.91 Å². The van der Waals surface area contributed by atoms with Crippen LogP contribution in [0.1, 0.15) is 52.2 Å². The van der Waals surface area contributed by atoms with Crippen LogP contribution in [0.5, 0.6) is 0 Å². The molecule has 20 heavy (non-hydrogen) atoms. The van der Waals surface area contributed by atoms with Gasteiger partial charge in [0.05, 0.1) is 6.07 Å². The van der Waals surface area contributed by atoms with Gasteiger partial charge in [0.25, 0.3) is 0 Å². The average Bonchev–Trinajstić information content (AvgIpc) is 2.35. The Labute approximate surface area is 122 Å². The van der Waals surface area contributed by atoms with Crippen molar-refractivity contribution in [2.45, 2.75) is 58.4 Å². The Morgan fingerprint density at radius 3 is 2.15 bits per heavy atom. The van der Waals surface area contributed by atoms with E-state index in [9.17, 15) is 4.79 Å². The average molecular weight is 272 g/mol. The molecule has 1 rings (SSSR count). The summed E-state index contributed by atoms with van der Waals surface area (Å²) in [7, 11) is 0. The number of carbonyl (C=O) groups excluding carboxylic acids is 1. The van der Waals surface area contributed by atoms with Crippen LogP contribution >= 0.6 is 0 Å². The molecule has 1 N–H and O–H groups in total. The summed E-state index contributed by atoms with van der Waals surface area (Å²) in [6.07, 6.45) is 1.09. The largest absolute Gasteiger partial charge is 0.338 e. The van der Waals surface area contributed by atoms with Gasteiger partial charge in [0.15, 0.2) is 0 Å². The van der Waals surface area contributed by atoms with Crippen molar-refractivity contribution in [3.8, 4) is 6.07 Å². The molecule has 1 amide bonds. The monoisotopic (exact) mass is 272 g/mol. The van der Waals surface area contributed by atoms with Crippen LogP contribution in [0.2, 0.25) is 0 Å². The standard InChI is InChI=1S/C17H24N2O/c1-16(2,3)14-9-6-13(7-10-14)8-11-15(20)19-17(4,5)12-18/h6-7,9-10H,8,11H2,1-5H3,(H,19,20). The second-order valence-corrected chi connectivity index (χ2v) is 6.73. The quantitative estimate of drug-likeness (QED) is 0.914. The molecule has 3 heteroatoms. The summed E-state index contributed by atoms with van der Waals surface area (Å²) in [6.45, 7) is 9.93. The second-order valence-electron chi connectivity index (χ2n) is 6.73. The molecule has 108 valence electrons. The summed E-state index contributed by atoms with van der Waals surface area (Å²) in [5.41, 5.74) is 1.78. The van der Waals surface area contributed by atoms with Crippen molar-refractivity contribution in [3.63, 3.8) is 0 Å². The first-order valence-corrected chi connectivity index (χ1v) is 6.96. The number of nitrogens with one attached hydrogen (secondary N) is 1. The third-order valence-corrected chi connectivity index (χ3v) is 3.19. The third-order valence-electron chi connectivity index (χ3n) is 3.19. The van der Waals surface area contributed by atoms with E-state index >= 15 is 0 Å². The lowest BCUT2D eigenvalue weighted by molar-refractivity contribution is -0.122. The Morgan fingerprint density at radius 1 is 1.15 bits per heavy atom. The van der Waals surface area contributed by atoms with Gasteiger partial charge in [0.2, 0.25) is 5.91 Å². The van der Waals surface area contributed by atoms with E-state index in [1.54, 1.807) is 13.8 Å². The molecule has 0 unspecified atom stereocenters. The van der Waals surface area contributed by atoms with Gasteiger partial charge in [-0.3, -0.25) is 4.79 Å². The molecule has 0 heterocycles. The highest BCUT2D eigenvalue weighted by molar-refractivity contribution is 5.77. The molecule has 0 aliphatic carbocycles. The molecule has 0 bridgehead atoms. The molecular weight excluding hydrogens is 248 g/mol. The number of aryl methyl sites for hydroxylation is 1. The van der Waals surface area contributed by atoms with Crippen LogP contribution in [-0.2, 0) is 16.6 Å². The van der Waals surface area contributed by atoms with Crippen LogP contribution in [0, 0.1) is 11.3 Å². The zero-order valence-corrected chi connectivity index (χ0v) is 13.1. The SMILES string of the molecule is CC(C)(C#N)NC(=O)CCc1ccc(C(C)(C)C)cc1. The summed E-state index contributed by atoms with van der Waals surface area (Å²) in [6, 6.07) is 10.4. The molecule has 0 aromatic heterocycles. The minimum atomic E-state index is -0.798. The van der Waals surface area contributed by atoms with E-state index in [4.69, 9.17) is 5.26 Å². The Bertz CT molecular complexity index is 501. The number of carbonyl (C=O) groups is 1. The second kappa shape index (κ2) is 6.09. The fourth-order valence-corrected chi connectivity index (χ4v) is 1.87. The van der Waals surface area contributed by atoms with E-state index < -0.39 is 5.54 Å². The number of hydrogen-bond donors (Lipinski definition) is 1. The van der Waals surface area contributed by atoms with Crippen LogP contribution in [0.15, 0.2) is 24.3 Å². The van der Waals surface area contributed by atoms with Crippen LogP contribution in [-0.4, -0.2) is 11.4 Å². The van der Waals surface area contributed by atoms with Gasteiger partial charge in [-0.15, -0.1) is 0 Å². The van der Waals surface area contributed by atoms with E-state index in [1.165, 1.54) is 5.56 Å². The van der Waals surface area contributed by atoms with Gasteiger partial charge in [0.1, 0.15) is 5.54 Å². The number of nitrogens with zero attached hydrogens (tertiary/aromatic N) is 1. The highest BCUT2D eigenvalue weighted by Crippen LogP contribution is 2.22. The number of benzene rings is 1. The van der Waals surface area contributed by atoms with Gasteiger partial charge in [0, 0.05) is 6.42 Å². The Morgan fingerprint density at radius 2 is 1.70 bits per heavy atom. The molecule has 1 aromatic rings. The van der Waals surface area contributed by atoms with E-state index in [1.807, 2.05) is 0 Å². The smallest absolute Gasteiger partial charge is 0.221 e. The number of amides is 1. The van der Waals surface area contributed by atoms with Crippen LogP contribution in [0.3, 0.4) is 0 Å². The van der Waals surface area contributed by atoms with Gasteiger partial charge in [-0.2, -0.15) is 5.26 Å². The lowest BCUT2D eigenvalue weighted by Crippen LogP contribution is -2.42. The molecule has 1 aromatic carbocycles. The lowest BCUT2D eigenvalue weighted by atomic mass is 9.86.